The van der Waals surface area contributed by atoms with Crippen LogP contribution in [0.2, 0.25) is 0 Å². The van der Waals surface area contributed by atoms with E-state index in [9.17, 15) is 14.4 Å². The molecule has 1 unspecified atom stereocenters. The van der Waals surface area contributed by atoms with E-state index in [1.807, 2.05) is 0 Å². The summed E-state index contributed by atoms with van der Waals surface area (Å²) in [6.45, 7) is 6.64. The molecular formula is C72H128O6. The predicted octanol–water partition coefficient (Wildman–Crippen LogP) is 23.3. The van der Waals surface area contributed by atoms with Crippen molar-refractivity contribution in [2.24, 2.45) is 0 Å². The highest BCUT2D eigenvalue weighted by atomic mass is 16.6. The Labute approximate surface area is 484 Å². The van der Waals surface area contributed by atoms with Gasteiger partial charge in [-0.1, -0.05) is 286 Å². The predicted molar refractivity (Wildman–Crippen MR) is 339 cm³/mol. The molecule has 0 aromatic carbocycles. The van der Waals surface area contributed by atoms with Gasteiger partial charge in [0.25, 0.3) is 0 Å². The summed E-state index contributed by atoms with van der Waals surface area (Å²) in [5.41, 5.74) is 0. The number of allylic oxidation sites excluding steroid dienone is 12. The molecule has 0 radical (unpaired) electrons. The fourth-order valence-electron chi connectivity index (χ4n) is 9.77. The van der Waals surface area contributed by atoms with Crippen molar-refractivity contribution in [2.75, 3.05) is 13.2 Å². The Bertz CT molecular complexity index is 1440. The lowest BCUT2D eigenvalue weighted by Crippen LogP contribution is -2.30. The number of hydrogen-bond donors (Lipinski definition) is 0. The van der Waals surface area contributed by atoms with E-state index in [1.54, 1.807) is 0 Å². The van der Waals surface area contributed by atoms with Crippen LogP contribution in [0.3, 0.4) is 0 Å². The lowest BCUT2D eigenvalue weighted by Gasteiger charge is -2.18. The smallest absolute Gasteiger partial charge is 0.306 e. The Hall–Kier alpha value is -3.15. The fraction of sp³-hybridized carbons (Fsp3) is 0.792. The molecule has 0 aliphatic carbocycles. The van der Waals surface area contributed by atoms with Gasteiger partial charge in [-0.3, -0.25) is 14.4 Å². The maximum Gasteiger partial charge on any atom is 0.306 e. The summed E-state index contributed by atoms with van der Waals surface area (Å²) >= 11 is 0. The standard InChI is InChI=1S/C72H128O6/c1-4-7-10-13-16-19-22-25-28-31-33-34-35-36-37-38-40-41-44-47-50-53-56-59-62-65-71(74)77-68-69(67-76-70(73)64-61-58-55-52-49-46-43-30-27-24-21-18-15-12-9-6-3)78-72(75)66-63-60-57-54-51-48-45-42-39-32-29-26-23-20-17-14-11-8-5-2/h21-22,24-26,29-31,33,35-36,43,69H,4-20,23,27-28,32,34,37-42,44-68H2,1-3H3/b24-21-,25-22-,29-26-,33-31-,36-35-,43-30-. The topological polar surface area (TPSA) is 78.9 Å². The van der Waals surface area contributed by atoms with Gasteiger partial charge in [-0.05, 0) is 116 Å². The van der Waals surface area contributed by atoms with Gasteiger partial charge < -0.3 is 14.2 Å². The van der Waals surface area contributed by atoms with Crippen LogP contribution in [0.25, 0.3) is 0 Å². The van der Waals surface area contributed by atoms with E-state index in [1.165, 1.54) is 218 Å². The molecule has 0 fully saturated rings. The Morgan fingerprint density at radius 1 is 0.256 bits per heavy atom. The van der Waals surface area contributed by atoms with E-state index in [4.69, 9.17) is 14.2 Å². The minimum absolute atomic E-state index is 0.0812. The Morgan fingerprint density at radius 2 is 0.462 bits per heavy atom. The third kappa shape index (κ3) is 63.7. The highest BCUT2D eigenvalue weighted by Gasteiger charge is 2.19. The molecule has 1 atom stereocenters. The SMILES string of the molecule is CCCCCC/C=C\C/C=C\CCCCCCCC(=O)OCC(COC(=O)CCCCCCCCCCCC/C=C\C/C=C\C/C=C\CCCCCCC)OC(=O)CCCCCCCCCCC/C=C\CCCCCCCC. The van der Waals surface area contributed by atoms with E-state index < -0.39 is 6.10 Å². The molecule has 0 aromatic rings. The Morgan fingerprint density at radius 3 is 0.744 bits per heavy atom. The number of rotatable bonds is 62. The molecule has 0 aromatic heterocycles. The molecule has 0 saturated carbocycles. The monoisotopic (exact) mass is 1090 g/mol. The minimum Gasteiger partial charge on any atom is -0.462 e. The zero-order valence-electron chi connectivity index (χ0n) is 51.9. The van der Waals surface area contributed by atoms with Gasteiger partial charge in [0.1, 0.15) is 13.2 Å². The number of unbranched alkanes of at least 4 members (excludes halogenated alkanes) is 39. The van der Waals surface area contributed by atoms with Gasteiger partial charge in [0.05, 0.1) is 0 Å². The first-order chi connectivity index (χ1) is 38.5. The molecule has 0 saturated heterocycles. The average molecular weight is 1090 g/mol. The summed E-state index contributed by atoms with van der Waals surface area (Å²) in [5.74, 6) is -0.883. The molecule has 0 aliphatic rings. The zero-order chi connectivity index (χ0) is 56.4. The van der Waals surface area contributed by atoms with Crippen molar-refractivity contribution in [2.45, 2.75) is 354 Å². The number of esters is 3. The van der Waals surface area contributed by atoms with Gasteiger partial charge in [-0.2, -0.15) is 0 Å². The van der Waals surface area contributed by atoms with Crippen molar-refractivity contribution in [3.63, 3.8) is 0 Å². The molecule has 0 amide bonds. The third-order valence-electron chi connectivity index (χ3n) is 14.9. The first-order valence-corrected chi connectivity index (χ1v) is 33.9. The van der Waals surface area contributed by atoms with Crippen LogP contribution < -0.4 is 0 Å². The molecule has 0 bridgehead atoms. The second-order valence-corrected chi connectivity index (χ2v) is 22.7. The van der Waals surface area contributed by atoms with Crippen LogP contribution in [0.1, 0.15) is 348 Å². The van der Waals surface area contributed by atoms with Crippen molar-refractivity contribution < 1.29 is 28.6 Å². The second kappa shape index (κ2) is 66.4. The molecule has 0 rings (SSSR count). The largest absolute Gasteiger partial charge is 0.462 e. The fourth-order valence-corrected chi connectivity index (χ4v) is 9.77. The summed E-state index contributed by atoms with van der Waals surface area (Å²) in [4.78, 5) is 38.4. The molecule has 0 N–H and O–H groups in total. The van der Waals surface area contributed by atoms with E-state index in [0.29, 0.717) is 19.3 Å². The zero-order valence-corrected chi connectivity index (χ0v) is 51.9. The van der Waals surface area contributed by atoms with Gasteiger partial charge in [-0.25, -0.2) is 0 Å². The second-order valence-electron chi connectivity index (χ2n) is 22.7. The summed E-state index contributed by atoms with van der Waals surface area (Å²) in [6, 6.07) is 0. The molecule has 452 valence electrons. The molecule has 6 nitrogen and oxygen atoms in total. The molecule has 6 heteroatoms. The number of hydrogen-bond acceptors (Lipinski definition) is 6. The third-order valence-corrected chi connectivity index (χ3v) is 14.9. The molecule has 0 spiro atoms. The first-order valence-electron chi connectivity index (χ1n) is 33.9. The average Bonchev–Trinajstić information content (AvgIpc) is 3.44. The molecule has 0 heterocycles. The number of ether oxygens (including phenoxy) is 3. The number of carbonyl (C=O) groups is 3. The van der Waals surface area contributed by atoms with Crippen molar-refractivity contribution in [1.29, 1.82) is 0 Å². The maximum absolute atomic E-state index is 12.9. The van der Waals surface area contributed by atoms with Gasteiger partial charge in [0.15, 0.2) is 6.10 Å². The van der Waals surface area contributed by atoms with E-state index >= 15 is 0 Å². The van der Waals surface area contributed by atoms with Crippen LogP contribution in [-0.4, -0.2) is 37.2 Å². The summed E-state index contributed by atoms with van der Waals surface area (Å²) in [5, 5.41) is 0. The van der Waals surface area contributed by atoms with Gasteiger partial charge in [0, 0.05) is 19.3 Å². The lowest BCUT2D eigenvalue weighted by atomic mass is 10.0. The normalized spacial score (nSPS) is 12.5. The highest BCUT2D eigenvalue weighted by molar-refractivity contribution is 5.71. The van der Waals surface area contributed by atoms with Gasteiger partial charge >= 0.3 is 17.9 Å². The molecule has 78 heavy (non-hydrogen) atoms. The first kappa shape index (κ1) is 74.8. The van der Waals surface area contributed by atoms with Crippen LogP contribution >= 0.6 is 0 Å². The van der Waals surface area contributed by atoms with Crippen LogP contribution in [0.5, 0.6) is 0 Å². The van der Waals surface area contributed by atoms with E-state index in [-0.39, 0.29) is 31.1 Å². The van der Waals surface area contributed by atoms with E-state index in [0.717, 1.165) is 89.9 Å². The van der Waals surface area contributed by atoms with Crippen molar-refractivity contribution in [3.05, 3.63) is 72.9 Å². The van der Waals surface area contributed by atoms with Crippen LogP contribution in [-0.2, 0) is 28.6 Å². The highest BCUT2D eigenvalue weighted by Crippen LogP contribution is 2.16. The van der Waals surface area contributed by atoms with Crippen LogP contribution in [0.15, 0.2) is 72.9 Å². The minimum atomic E-state index is -0.786. The number of carbonyl (C=O) groups excluding carboxylic acids is 3. The van der Waals surface area contributed by atoms with Crippen molar-refractivity contribution in [1.82, 2.24) is 0 Å². The molecule has 0 aliphatic heterocycles. The Kier molecular flexibility index (Phi) is 63.7. The van der Waals surface area contributed by atoms with Gasteiger partial charge in [-0.15, -0.1) is 0 Å². The van der Waals surface area contributed by atoms with Crippen molar-refractivity contribution >= 4 is 17.9 Å². The lowest BCUT2D eigenvalue weighted by molar-refractivity contribution is -0.167. The summed E-state index contributed by atoms with van der Waals surface area (Å²) in [6.07, 6.45) is 86.2. The maximum atomic E-state index is 12.9. The molecular weight excluding hydrogens is 961 g/mol. The Balaban J connectivity index is 4.35. The quantitative estimate of drug-likeness (QED) is 0.0261. The van der Waals surface area contributed by atoms with Crippen molar-refractivity contribution in [3.8, 4) is 0 Å². The summed E-state index contributed by atoms with van der Waals surface area (Å²) in [7, 11) is 0. The van der Waals surface area contributed by atoms with Crippen LogP contribution in [0.4, 0.5) is 0 Å². The summed E-state index contributed by atoms with van der Waals surface area (Å²) < 4.78 is 17.0. The van der Waals surface area contributed by atoms with Gasteiger partial charge in [0.2, 0.25) is 0 Å². The van der Waals surface area contributed by atoms with Crippen LogP contribution in [0, 0.1) is 0 Å². The van der Waals surface area contributed by atoms with E-state index in [2.05, 4.69) is 93.7 Å².